The van der Waals surface area contributed by atoms with E-state index in [4.69, 9.17) is 5.73 Å². The largest absolute Gasteiger partial charge is 0.398 e. The Kier molecular flexibility index (Phi) is 5.22. The van der Waals surface area contributed by atoms with Crippen molar-refractivity contribution >= 4 is 33.4 Å². The monoisotopic (exact) mass is 353 g/mol. The van der Waals surface area contributed by atoms with Crippen molar-refractivity contribution < 1.29 is 9.59 Å². The average Bonchev–Trinajstić information content (AvgIpc) is 3.22. The Morgan fingerprint density at radius 1 is 1.38 bits per heavy atom. The van der Waals surface area contributed by atoms with Crippen molar-refractivity contribution in [1.29, 1.82) is 0 Å². The second-order valence-corrected chi connectivity index (χ2v) is 6.28. The minimum atomic E-state index is -0.164. The van der Waals surface area contributed by atoms with E-state index < -0.39 is 0 Å². The molecule has 4 N–H and O–H groups in total. The van der Waals surface area contributed by atoms with Crippen LogP contribution in [0.15, 0.2) is 16.6 Å². The third-order valence-electron chi connectivity index (χ3n) is 3.47. The van der Waals surface area contributed by atoms with E-state index in [1.165, 1.54) is 0 Å². The van der Waals surface area contributed by atoms with Gasteiger partial charge in [-0.15, -0.1) is 0 Å². The maximum absolute atomic E-state index is 12.1. The van der Waals surface area contributed by atoms with E-state index in [1.54, 1.807) is 12.1 Å². The Labute approximate surface area is 132 Å². The van der Waals surface area contributed by atoms with Crippen molar-refractivity contribution in [3.8, 4) is 0 Å². The summed E-state index contributed by atoms with van der Waals surface area (Å²) in [4.78, 5) is 23.6. The highest BCUT2D eigenvalue weighted by Crippen LogP contribution is 2.22. The summed E-state index contributed by atoms with van der Waals surface area (Å²) in [5.41, 5.74) is 7.75. The summed E-state index contributed by atoms with van der Waals surface area (Å²) in [7, 11) is 0. The number of halogens is 1. The van der Waals surface area contributed by atoms with Gasteiger partial charge in [0.05, 0.1) is 0 Å². The molecule has 0 saturated heterocycles. The molecule has 1 fully saturated rings. The van der Waals surface area contributed by atoms with Gasteiger partial charge in [0.2, 0.25) is 5.91 Å². The van der Waals surface area contributed by atoms with Gasteiger partial charge in [0, 0.05) is 34.7 Å². The highest BCUT2D eigenvalue weighted by atomic mass is 79.9. The van der Waals surface area contributed by atoms with Crippen LogP contribution in [-0.2, 0) is 4.79 Å². The Balaban J connectivity index is 1.77. The van der Waals surface area contributed by atoms with Crippen LogP contribution >= 0.6 is 15.9 Å². The lowest BCUT2D eigenvalue weighted by molar-refractivity contribution is -0.121. The third kappa shape index (κ3) is 4.74. The first-order chi connectivity index (χ1) is 9.97. The van der Waals surface area contributed by atoms with Crippen LogP contribution in [0.3, 0.4) is 0 Å². The average molecular weight is 354 g/mol. The summed E-state index contributed by atoms with van der Waals surface area (Å²) in [6.07, 6.45) is 3.25. The fourth-order valence-electron chi connectivity index (χ4n) is 2.01. The van der Waals surface area contributed by atoms with Crippen LogP contribution in [0.25, 0.3) is 0 Å². The zero-order chi connectivity index (χ0) is 15.4. The lowest BCUT2D eigenvalue weighted by Gasteiger charge is -2.10. The molecule has 5 nitrogen and oxygen atoms in total. The highest BCUT2D eigenvalue weighted by Gasteiger charge is 2.22. The molecule has 1 aliphatic rings. The molecular weight excluding hydrogens is 334 g/mol. The molecule has 0 aliphatic heterocycles. The molecule has 1 saturated carbocycles. The van der Waals surface area contributed by atoms with Crippen LogP contribution in [0.1, 0.15) is 41.6 Å². The molecule has 0 spiro atoms. The molecule has 0 atom stereocenters. The standard InChI is InChI=1S/C15H20BrN3O2/c1-9-12(7-10(16)8-13(9)17)15(21)18-6-2-3-14(20)19-11-4-5-11/h7-8,11H,2-6,17H2,1H3,(H,18,21)(H,19,20). The van der Waals surface area contributed by atoms with Crippen LogP contribution < -0.4 is 16.4 Å². The SMILES string of the molecule is Cc1c(N)cc(Br)cc1C(=O)NCCCC(=O)NC1CC1. The van der Waals surface area contributed by atoms with E-state index in [0.717, 1.165) is 22.9 Å². The number of carbonyl (C=O) groups excluding carboxylic acids is 2. The second kappa shape index (κ2) is 6.93. The van der Waals surface area contributed by atoms with Gasteiger partial charge in [0.25, 0.3) is 5.91 Å². The molecule has 114 valence electrons. The lowest BCUT2D eigenvalue weighted by Crippen LogP contribution is -2.28. The number of nitrogens with two attached hydrogens (primary N) is 1. The van der Waals surface area contributed by atoms with E-state index >= 15 is 0 Å². The van der Waals surface area contributed by atoms with Gasteiger partial charge in [0.1, 0.15) is 0 Å². The van der Waals surface area contributed by atoms with Gasteiger partial charge in [-0.05, 0) is 43.9 Å². The Morgan fingerprint density at radius 2 is 2.10 bits per heavy atom. The number of benzene rings is 1. The molecule has 2 rings (SSSR count). The number of carbonyl (C=O) groups is 2. The second-order valence-electron chi connectivity index (χ2n) is 5.37. The fraction of sp³-hybridized carbons (Fsp3) is 0.467. The van der Waals surface area contributed by atoms with Gasteiger partial charge < -0.3 is 16.4 Å². The quantitative estimate of drug-likeness (QED) is 0.541. The van der Waals surface area contributed by atoms with Gasteiger partial charge >= 0.3 is 0 Å². The van der Waals surface area contributed by atoms with Crippen LogP contribution in [0.2, 0.25) is 0 Å². The van der Waals surface area contributed by atoms with E-state index in [1.807, 2.05) is 6.92 Å². The number of anilines is 1. The lowest BCUT2D eigenvalue weighted by atomic mass is 10.1. The molecule has 0 radical (unpaired) electrons. The number of hydrogen-bond acceptors (Lipinski definition) is 3. The van der Waals surface area contributed by atoms with Crippen LogP contribution in [-0.4, -0.2) is 24.4 Å². The Hall–Kier alpha value is -1.56. The summed E-state index contributed by atoms with van der Waals surface area (Å²) >= 11 is 3.33. The topological polar surface area (TPSA) is 84.2 Å². The number of nitrogens with one attached hydrogen (secondary N) is 2. The number of rotatable bonds is 6. The number of nitrogen functional groups attached to an aromatic ring is 1. The van der Waals surface area contributed by atoms with Gasteiger partial charge in [0.15, 0.2) is 0 Å². The molecular formula is C15H20BrN3O2. The van der Waals surface area contributed by atoms with E-state index in [0.29, 0.717) is 36.7 Å². The predicted molar refractivity (Wildman–Crippen MR) is 86.0 cm³/mol. The van der Waals surface area contributed by atoms with Gasteiger partial charge in [-0.1, -0.05) is 15.9 Å². The third-order valence-corrected chi connectivity index (χ3v) is 3.92. The minimum absolute atomic E-state index is 0.0645. The number of amides is 2. The molecule has 0 heterocycles. The summed E-state index contributed by atoms with van der Waals surface area (Å²) in [6.45, 7) is 2.29. The predicted octanol–water partition coefficient (Wildman–Crippen LogP) is 2.13. The molecule has 6 heteroatoms. The van der Waals surface area contributed by atoms with E-state index in [9.17, 15) is 9.59 Å². The van der Waals surface area contributed by atoms with Crippen molar-refractivity contribution in [3.05, 3.63) is 27.7 Å². The minimum Gasteiger partial charge on any atom is -0.398 e. The van der Waals surface area contributed by atoms with Crippen molar-refractivity contribution in [3.63, 3.8) is 0 Å². The molecule has 0 bridgehead atoms. The molecule has 2 amide bonds. The molecule has 1 aliphatic carbocycles. The molecule has 21 heavy (non-hydrogen) atoms. The first-order valence-corrected chi connectivity index (χ1v) is 7.90. The Morgan fingerprint density at radius 3 is 2.76 bits per heavy atom. The summed E-state index contributed by atoms with van der Waals surface area (Å²) in [6, 6.07) is 3.91. The van der Waals surface area contributed by atoms with Crippen LogP contribution in [0.5, 0.6) is 0 Å². The van der Waals surface area contributed by atoms with Crippen molar-refractivity contribution in [2.24, 2.45) is 0 Å². The molecule has 1 aromatic carbocycles. The van der Waals surface area contributed by atoms with Crippen molar-refractivity contribution in [2.45, 2.75) is 38.6 Å². The van der Waals surface area contributed by atoms with Gasteiger partial charge in [-0.25, -0.2) is 0 Å². The first kappa shape index (κ1) is 15.8. The van der Waals surface area contributed by atoms with Gasteiger partial charge in [-0.3, -0.25) is 9.59 Å². The van der Waals surface area contributed by atoms with Crippen LogP contribution in [0, 0.1) is 6.92 Å². The molecule has 0 unspecified atom stereocenters. The highest BCUT2D eigenvalue weighted by molar-refractivity contribution is 9.10. The zero-order valence-corrected chi connectivity index (χ0v) is 13.6. The number of hydrogen-bond donors (Lipinski definition) is 3. The van der Waals surface area contributed by atoms with E-state index in [-0.39, 0.29) is 11.8 Å². The van der Waals surface area contributed by atoms with Crippen LogP contribution in [0.4, 0.5) is 5.69 Å². The summed E-state index contributed by atoms with van der Waals surface area (Å²) in [5.74, 6) is -0.0993. The zero-order valence-electron chi connectivity index (χ0n) is 12.0. The first-order valence-electron chi connectivity index (χ1n) is 7.10. The Bertz CT molecular complexity index is 556. The van der Waals surface area contributed by atoms with Crippen molar-refractivity contribution in [1.82, 2.24) is 10.6 Å². The maximum atomic E-state index is 12.1. The van der Waals surface area contributed by atoms with Gasteiger partial charge in [-0.2, -0.15) is 0 Å². The normalized spacial score (nSPS) is 13.8. The van der Waals surface area contributed by atoms with Crippen molar-refractivity contribution in [2.75, 3.05) is 12.3 Å². The smallest absolute Gasteiger partial charge is 0.251 e. The summed E-state index contributed by atoms with van der Waals surface area (Å²) < 4.78 is 0.777. The summed E-state index contributed by atoms with van der Waals surface area (Å²) in [5, 5.41) is 5.75. The molecule has 1 aromatic rings. The maximum Gasteiger partial charge on any atom is 0.251 e. The molecule has 0 aromatic heterocycles. The fourth-order valence-corrected chi connectivity index (χ4v) is 2.49. The van der Waals surface area contributed by atoms with E-state index in [2.05, 4.69) is 26.6 Å².